The van der Waals surface area contributed by atoms with Crippen LogP contribution < -0.4 is 11.1 Å². The molecule has 0 aliphatic heterocycles. The Morgan fingerprint density at radius 2 is 1.88 bits per heavy atom. The van der Waals surface area contributed by atoms with Crippen molar-refractivity contribution in [3.63, 3.8) is 0 Å². The number of carbonyl (C=O) groups excluding carboxylic acids is 1. The van der Waals surface area contributed by atoms with Gasteiger partial charge < -0.3 is 16.0 Å². The van der Waals surface area contributed by atoms with Crippen molar-refractivity contribution in [3.8, 4) is 0 Å². The van der Waals surface area contributed by atoms with E-state index in [-0.39, 0.29) is 11.9 Å². The van der Waals surface area contributed by atoms with Crippen LogP contribution in [0.1, 0.15) is 40.0 Å². The van der Waals surface area contributed by atoms with Crippen molar-refractivity contribution < 1.29 is 4.79 Å². The highest BCUT2D eigenvalue weighted by Crippen LogP contribution is 2.08. The fourth-order valence-electron chi connectivity index (χ4n) is 1.70. The van der Waals surface area contributed by atoms with E-state index in [2.05, 4.69) is 38.2 Å². The van der Waals surface area contributed by atoms with Crippen molar-refractivity contribution in [1.29, 1.82) is 0 Å². The zero-order chi connectivity index (χ0) is 13.4. The lowest BCUT2D eigenvalue weighted by Crippen LogP contribution is -2.41. The Balaban J connectivity index is 3.91. The maximum atomic E-state index is 11.6. The lowest BCUT2D eigenvalue weighted by Gasteiger charge is -2.26. The predicted molar refractivity (Wildman–Crippen MR) is 72.8 cm³/mol. The molecular formula is C13H29N3O. The summed E-state index contributed by atoms with van der Waals surface area (Å²) in [5.41, 5.74) is 5.62. The Kier molecular flexibility index (Phi) is 8.17. The number of hydrogen-bond acceptors (Lipinski definition) is 3. The van der Waals surface area contributed by atoms with Crippen LogP contribution in [0.25, 0.3) is 0 Å². The van der Waals surface area contributed by atoms with Gasteiger partial charge in [0.05, 0.1) is 0 Å². The molecule has 0 saturated carbocycles. The van der Waals surface area contributed by atoms with E-state index in [9.17, 15) is 4.79 Å². The summed E-state index contributed by atoms with van der Waals surface area (Å²) in [6.07, 6.45) is 2.38. The second-order valence-corrected chi connectivity index (χ2v) is 5.57. The Hall–Kier alpha value is -0.610. The Morgan fingerprint density at radius 1 is 1.29 bits per heavy atom. The standard InChI is InChI=1S/C13H29N3O/c1-10(2)8-12(16(4)5)9-15-13(17)7-6-11(3)14/h10-12H,6-9,14H2,1-5H3,(H,15,17). The third kappa shape index (κ3) is 9.12. The van der Waals surface area contributed by atoms with Gasteiger partial charge in [0.15, 0.2) is 0 Å². The fraction of sp³-hybridized carbons (Fsp3) is 0.923. The zero-order valence-corrected chi connectivity index (χ0v) is 12.0. The second kappa shape index (κ2) is 8.48. The summed E-state index contributed by atoms with van der Waals surface area (Å²) in [4.78, 5) is 13.7. The maximum absolute atomic E-state index is 11.6. The van der Waals surface area contributed by atoms with Crippen LogP contribution in [0.15, 0.2) is 0 Å². The van der Waals surface area contributed by atoms with E-state index < -0.39 is 0 Å². The van der Waals surface area contributed by atoms with Crippen molar-refractivity contribution in [3.05, 3.63) is 0 Å². The average Bonchev–Trinajstić information content (AvgIpc) is 2.20. The molecule has 102 valence electrons. The SMILES string of the molecule is CC(C)CC(CNC(=O)CCC(C)N)N(C)C. The number of rotatable bonds is 8. The molecule has 17 heavy (non-hydrogen) atoms. The first-order valence-electron chi connectivity index (χ1n) is 6.51. The number of amides is 1. The van der Waals surface area contributed by atoms with E-state index in [0.717, 1.165) is 19.4 Å². The summed E-state index contributed by atoms with van der Waals surface area (Å²) in [7, 11) is 4.11. The Labute approximate surface area is 106 Å². The van der Waals surface area contributed by atoms with E-state index in [4.69, 9.17) is 5.73 Å². The van der Waals surface area contributed by atoms with Crippen LogP contribution in [-0.2, 0) is 4.79 Å². The molecule has 1 amide bonds. The molecule has 3 N–H and O–H groups in total. The van der Waals surface area contributed by atoms with Gasteiger partial charge in [-0.1, -0.05) is 13.8 Å². The molecule has 0 aromatic rings. The smallest absolute Gasteiger partial charge is 0.220 e. The fourth-order valence-corrected chi connectivity index (χ4v) is 1.70. The van der Waals surface area contributed by atoms with Crippen molar-refractivity contribution in [2.24, 2.45) is 11.7 Å². The molecule has 0 bridgehead atoms. The van der Waals surface area contributed by atoms with Gasteiger partial charge in [0.25, 0.3) is 0 Å². The van der Waals surface area contributed by atoms with E-state index in [1.165, 1.54) is 0 Å². The molecule has 0 rings (SSSR count). The first-order valence-corrected chi connectivity index (χ1v) is 6.51. The summed E-state index contributed by atoms with van der Waals surface area (Å²) in [6.45, 7) is 7.06. The Bertz CT molecular complexity index is 215. The normalized spacial score (nSPS) is 15.1. The first kappa shape index (κ1) is 16.4. The number of likely N-dealkylation sites (N-methyl/N-ethyl adjacent to an activating group) is 1. The van der Waals surface area contributed by atoms with Crippen molar-refractivity contribution in [1.82, 2.24) is 10.2 Å². The number of nitrogens with one attached hydrogen (secondary N) is 1. The lowest BCUT2D eigenvalue weighted by molar-refractivity contribution is -0.121. The molecule has 0 saturated heterocycles. The minimum Gasteiger partial charge on any atom is -0.355 e. The molecule has 2 atom stereocenters. The highest BCUT2D eigenvalue weighted by molar-refractivity contribution is 5.75. The molecule has 0 fully saturated rings. The van der Waals surface area contributed by atoms with Crippen LogP contribution in [-0.4, -0.2) is 43.5 Å². The van der Waals surface area contributed by atoms with Crippen molar-refractivity contribution in [2.45, 2.75) is 52.1 Å². The van der Waals surface area contributed by atoms with Crippen molar-refractivity contribution >= 4 is 5.91 Å². The molecule has 2 unspecified atom stereocenters. The highest BCUT2D eigenvalue weighted by atomic mass is 16.1. The average molecular weight is 243 g/mol. The third-order valence-electron chi connectivity index (χ3n) is 2.84. The zero-order valence-electron chi connectivity index (χ0n) is 12.0. The molecule has 4 heteroatoms. The van der Waals surface area contributed by atoms with Gasteiger partial charge in [-0.25, -0.2) is 0 Å². The van der Waals surface area contributed by atoms with Gasteiger partial charge >= 0.3 is 0 Å². The largest absolute Gasteiger partial charge is 0.355 e. The molecule has 0 aliphatic carbocycles. The highest BCUT2D eigenvalue weighted by Gasteiger charge is 2.14. The lowest BCUT2D eigenvalue weighted by atomic mass is 10.0. The van der Waals surface area contributed by atoms with Gasteiger partial charge in [0.2, 0.25) is 5.91 Å². The monoisotopic (exact) mass is 243 g/mol. The van der Waals surface area contributed by atoms with Crippen LogP contribution in [0.3, 0.4) is 0 Å². The third-order valence-corrected chi connectivity index (χ3v) is 2.84. The van der Waals surface area contributed by atoms with Gasteiger partial charge in [-0.2, -0.15) is 0 Å². The van der Waals surface area contributed by atoms with Gasteiger partial charge in [-0.3, -0.25) is 4.79 Å². The summed E-state index contributed by atoms with van der Waals surface area (Å²) < 4.78 is 0. The molecule has 0 aromatic heterocycles. The van der Waals surface area contributed by atoms with Gasteiger partial charge in [0.1, 0.15) is 0 Å². The van der Waals surface area contributed by atoms with Crippen LogP contribution in [0.2, 0.25) is 0 Å². The van der Waals surface area contributed by atoms with Crippen molar-refractivity contribution in [2.75, 3.05) is 20.6 Å². The Morgan fingerprint density at radius 3 is 2.29 bits per heavy atom. The maximum Gasteiger partial charge on any atom is 0.220 e. The van der Waals surface area contributed by atoms with Gasteiger partial charge in [-0.05, 0) is 39.8 Å². The minimum absolute atomic E-state index is 0.0982. The topological polar surface area (TPSA) is 58.4 Å². The number of nitrogens with two attached hydrogens (primary N) is 1. The quantitative estimate of drug-likeness (QED) is 0.673. The molecule has 0 spiro atoms. The van der Waals surface area contributed by atoms with E-state index in [1.54, 1.807) is 0 Å². The molecular weight excluding hydrogens is 214 g/mol. The predicted octanol–water partition coefficient (Wildman–Crippen LogP) is 1.21. The molecule has 0 heterocycles. The minimum atomic E-state index is 0.0982. The molecule has 0 radical (unpaired) electrons. The van der Waals surface area contributed by atoms with Crippen LogP contribution in [0, 0.1) is 5.92 Å². The molecule has 4 nitrogen and oxygen atoms in total. The molecule has 0 aromatic carbocycles. The van der Waals surface area contributed by atoms with E-state index >= 15 is 0 Å². The van der Waals surface area contributed by atoms with Gasteiger partial charge in [-0.15, -0.1) is 0 Å². The van der Waals surface area contributed by atoms with Crippen LogP contribution in [0.4, 0.5) is 0 Å². The summed E-state index contributed by atoms with van der Waals surface area (Å²) in [6, 6.07) is 0.510. The number of nitrogens with zero attached hydrogens (tertiary/aromatic N) is 1. The number of hydrogen-bond donors (Lipinski definition) is 2. The number of carbonyl (C=O) groups is 1. The van der Waals surface area contributed by atoms with Crippen LogP contribution >= 0.6 is 0 Å². The van der Waals surface area contributed by atoms with E-state index in [1.807, 2.05) is 6.92 Å². The first-order chi connectivity index (χ1) is 7.82. The summed E-state index contributed by atoms with van der Waals surface area (Å²) in [5, 5.41) is 2.99. The van der Waals surface area contributed by atoms with Gasteiger partial charge in [0, 0.05) is 25.0 Å². The summed E-state index contributed by atoms with van der Waals surface area (Å²) >= 11 is 0. The van der Waals surface area contributed by atoms with Crippen LogP contribution in [0.5, 0.6) is 0 Å². The molecule has 0 aliphatic rings. The summed E-state index contributed by atoms with van der Waals surface area (Å²) in [5.74, 6) is 0.751. The van der Waals surface area contributed by atoms with E-state index in [0.29, 0.717) is 18.4 Å². The second-order valence-electron chi connectivity index (χ2n) is 5.57.